The van der Waals surface area contributed by atoms with E-state index in [9.17, 15) is 8.78 Å². The zero-order valence-electron chi connectivity index (χ0n) is 14.5. The molecule has 3 rings (SSSR count). The molecular weight excluding hydrogens is 320 g/mol. The smallest absolute Gasteiger partial charge is 0.250 e. The van der Waals surface area contributed by atoms with Crippen molar-refractivity contribution in [3.8, 4) is 0 Å². The van der Waals surface area contributed by atoms with E-state index in [0.29, 0.717) is 13.0 Å². The second-order valence-corrected chi connectivity index (χ2v) is 6.84. The van der Waals surface area contributed by atoms with E-state index in [1.165, 1.54) is 0 Å². The molecular formula is C21H25F2NO. The quantitative estimate of drug-likeness (QED) is 0.785. The summed E-state index contributed by atoms with van der Waals surface area (Å²) in [5.41, 5.74) is 2.16. The summed E-state index contributed by atoms with van der Waals surface area (Å²) in [5, 5.41) is 3.50. The highest BCUT2D eigenvalue weighted by Crippen LogP contribution is 2.36. The lowest BCUT2D eigenvalue weighted by Gasteiger charge is -2.38. The number of alkyl halides is 2. The van der Waals surface area contributed by atoms with Gasteiger partial charge in [0.2, 0.25) is 0 Å². The maximum Gasteiger partial charge on any atom is 0.250 e. The fraction of sp³-hybridized carbons (Fsp3) is 0.429. The van der Waals surface area contributed by atoms with E-state index in [2.05, 4.69) is 24.4 Å². The summed E-state index contributed by atoms with van der Waals surface area (Å²) in [6.45, 7) is 2.43. The van der Waals surface area contributed by atoms with Gasteiger partial charge in [-0.1, -0.05) is 60.7 Å². The predicted octanol–water partition coefficient (Wildman–Crippen LogP) is 5.11. The van der Waals surface area contributed by atoms with Crippen LogP contribution in [0.3, 0.4) is 0 Å². The van der Waals surface area contributed by atoms with E-state index in [-0.39, 0.29) is 24.9 Å². The molecule has 25 heavy (non-hydrogen) atoms. The van der Waals surface area contributed by atoms with E-state index in [1.807, 2.05) is 48.5 Å². The first-order valence-electron chi connectivity index (χ1n) is 8.88. The third-order valence-corrected chi connectivity index (χ3v) is 4.84. The van der Waals surface area contributed by atoms with Gasteiger partial charge in [-0.25, -0.2) is 8.78 Å². The molecule has 0 heterocycles. The second-order valence-electron chi connectivity index (χ2n) is 6.84. The van der Waals surface area contributed by atoms with E-state index >= 15 is 0 Å². The van der Waals surface area contributed by atoms with Gasteiger partial charge in [0.25, 0.3) is 5.92 Å². The summed E-state index contributed by atoms with van der Waals surface area (Å²) in [6.07, 6.45) is -0.380. The number of benzene rings is 2. The highest BCUT2D eigenvalue weighted by atomic mass is 19.3. The normalized spacial score (nSPS) is 24.0. The molecule has 2 nitrogen and oxygen atoms in total. The van der Waals surface area contributed by atoms with Gasteiger partial charge in [-0.2, -0.15) is 0 Å². The van der Waals surface area contributed by atoms with Crippen LogP contribution in [0.25, 0.3) is 0 Å². The predicted molar refractivity (Wildman–Crippen MR) is 95.6 cm³/mol. The van der Waals surface area contributed by atoms with Crippen LogP contribution in [0.15, 0.2) is 60.7 Å². The molecule has 0 amide bonds. The largest absolute Gasteiger partial charge is 0.372 e. The molecule has 0 bridgehead atoms. The lowest BCUT2D eigenvalue weighted by atomic mass is 9.88. The van der Waals surface area contributed by atoms with Crippen LogP contribution in [0, 0.1) is 0 Å². The maximum absolute atomic E-state index is 13.9. The number of rotatable bonds is 6. The van der Waals surface area contributed by atoms with E-state index < -0.39 is 12.0 Å². The Labute approximate surface area is 148 Å². The standard InChI is InChI=1S/C21H25F2NO/c1-16(18-10-6-3-7-11-18)24-19-12-13-21(22,23)14-20(19)25-15-17-8-4-2-5-9-17/h2-11,16,19-20,24H,12-15H2,1H3. The van der Waals surface area contributed by atoms with Crippen LogP contribution < -0.4 is 5.32 Å². The van der Waals surface area contributed by atoms with Gasteiger partial charge in [0.1, 0.15) is 0 Å². The number of nitrogens with one attached hydrogen (secondary N) is 1. The minimum Gasteiger partial charge on any atom is -0.372 e. The molecule has 0 spiro atoms. The van der Waals surface area contributed by atoms with Gasteiger partial charge in [-0.3, -0.25) is 0 Å². The van der Waals surface area contributed by atoms with Crippen LogP contribution in [-0.2, 0) is 11.3 Å². The summed E-state index contributed by atoms with van der Waals surface area (Å²) in [7, 11) is 0. The van der Waals surface area contributed by atoms with Crippen LogP contribution in [0.2, 0.25) is 0 Å². The van der Waals surface area contributed by atoms with Crippen molar-refractivity contribution in [3.05, 3.63) is 71.8 Å². The van der Waals surface area contributed by atoms with Gasteiger partial charge in [0, 0.05) is 24.9 Å². The number of hydrogen-bond acceptors (Lipinski definition) is 2. The van der Waals surface area contributed by atoms with E-state index in [1.54, 1.807) is 0 Å². The average molecular weight is 345 g/mol. The molecule has 2 aromatic rings. The van der Waals surface area contributed by atoms with Crippen molar-refractivity contribution in [1.29, 1.82) is 0 Å². The topological polar surface area (TPSA) is 21.3 Å². The molecule has 0 aliphatic heterocycles. The Morgan fingerprint density at radius 2 is 1.72 bits per heavy atom. The molecule has 0 aromatic heterocycles. The second kappa shape index (κ2) is 8.07. The van der Waals surface area contributed by atoms with Crippen molar-refractivity contribution in [2.45, 2.75) is 56.9 Å². The molecule has 3 unspecified atom stereocenters. The van der Waals surface area contributed by atoms with Crippen LogP contribution >= 0.6 is 0 Å². The Kier molecular flexibility index (Phi) is 5.82. The summed E-state index contributed by atoms with van der Waals surface area (Å²) >= 11 is 0. The molecule has 1 N–H and O–H groups in total. The zero-order valence-corrected chi connectivity index (χ0v) is 14.5. The lowest BCUT2D eigenvalue weighted by Crippen LogP contribution is -2.49. The van der Waals surface area contributed by atoms with Crippen molar-refractivity contribution in [2.75, 3.05) is 0 Å². The highest BCUT2D eigenvalue weighted by molar-refractivity contribution is 5.18. The Hall–Kier alpha value is -1.78. The van der Waals surface area contributed by atoms with Crippen LogP contribution in [0.1, 0.15) is 43.4 Å². The first-order valence-corrected chi connectivity index (χ1v) is 8.88. The first kappa shape index (κ1) is 18.0. The monoisotopic (exact) mass is 345 g/mol. The Balaban J connectivity index is 1.65. The SMILES string of the molecule is CC(NC1CCC(F)(F)CC1OCc1ccccc1)c1ccccc1. The molecule has 4 heteroatoms. The van der Waals surface area contributed by atoms with Crippen molar-refractivity contribution in [2.24, 2.45) is 0 Å². The van der Waals surface area contributed by atoms with Crippen molar-refractivity contribution in [1.82, 2.24) is 5.32 Å². The number of ether oxygens (including phenoxy) is 1. The van der Waals surface area contributed by atoms with Crippen LogP contribution in [-0.4, -0.2) is 18.1 Å². The van der Waals surface area contributed by atoms with Gasteiger partial charge < -0.3 is 10.1 Å². The van der Waals surface area contributed by atoms with Gasteiger partial charge in [0.15, 0.2) is 0 Å². The van der Waals surface area contributed by atoms with E-state index in [0.717, 1.165) is 11.1 Å². The van der Waals surface area contributed by atoms with Crippen molar-refractivity contribution >= 4 is 0 Å². The minimum absolute atomic E-state index is 0.0708. The summed E-state index contributed by atoms with van der Waals surface area (Å²) in [5.74, 6) is -2.64. The molecule has 2 aromatic carbocycles. The molecule has 1 saturated carbocycles. The Bertz CT molecular complexity index is 647. The third-order valence-electron chi connectivity index (χ3n) is 4.84. The Morgan fingerprint density at radius 3 is 2.40 bits per heavy atom. The van der Waals surface area contributed by atoms with Crippen LogP contribution in [0.5, 0.6) is 0 Å². The minimum atomic E-state index is -2.64. The van der Waals surface area contributed by atoms with E-state index in [4.69, 9.17) is 4.74 Å². The maximum atomic E-state index is 13.9. The molecule has 1 aliphatic carbocycles. The molecule has 1 fully saturated rings. The highest BCUT2D eigenvalue weighted by Gasteiger charge is 2.42. The third kappa shape index (κ3) is 5.10. The number of hydrogen-bond donors (Lipinski definition) is 1. The van der Waals surface area contributed by atoms with Gasteiger partial charge >= 0.3 is 0 Å². The van der Waals surface area contributed by atoms with Gasteiger partial charge in [0.05, 0.1) is 12.7 Å². The average Bonchev–Trinajstić information content (AvgIpc) is 2.63. The fourth-order valence-corrected chi connectivity index (χ4v) is 3.39. The first-order chi connectivity index (χ1) is 12.0. The Morgan fingerprint density at radius 1 is 1.08 bits per heavy atom. The fourth-order valence-electron chi connectivity index (χ4n) is 3.39. The van der Waals surface area contributed by atoms with Gasteiger partial charge in [-0.05, 0) is 24.5 Å². The molecule has 3 atom stereocenters. The molecule has 0 saturated heterocycles. The molecule has 1 aliphatic rings. The van der Waals surface area contributed by atoms with Crippen molar-refractivity contribution < 1.29 is 13.5 Å². The number of halogens is 2. The summed E-state index contributed by atoms with van der Waals surface area (Å²) in [4.78, 5) is 0. The summed E-state index contributed by atoms with van der Waals surface area (Å²) < 4.78 is 33.7. The lowest BCUT2D eigenvalue weighted by molar-refractivity contribution is -0.114. The molecule has 0 radical (unpaired) electrons. The van der Waals surface area contributed by atoms with Gasteiger partial charge in [-0.15, -0.1) is 0 Å². The zero-order chi connectivity index (χ0) is 17.7. The van der Waals surface area contributed by atoms with Crippen molar-refractivity contribution in [3.63, 3.8) is 0 Å². The molecule has 134 valence electrons. The van der Waals surface area contributed by atoms with Crippen LogP contribution in [0.4, 0.5) is 8.78 Å². The summed E-state index contributed by atoms with van der Waals surface area (Å²) in [6, 6.07) is 19.8.